The number of nitrogens with one attached hydrogen (secondary N) is 1. The molecule has 1 N–H and O–H groups in total. The van der Waals surface area contributed by atoms with E-state index in [1.807, 2.05) is 38.1 Å². The first kappa shape index (κ1) is 17.1. The van der Waals surface area contributed by atoms with Gasteiger partial charge < -0.3 is 10.1 Å². The van der Waals surface area contributed by atoms with Gasteiger partial charge in [-0.05, 0) is 37.1 Å². The predicted molar refractivity (Wildman–Crippen MR) is 83.9 cm³/mol. The molecule has 0 aliphatic heterocycles. The summed E-state index contributed by atoms with van der Waals surface area (Å²) in [5, 5.41) is 2.64. The Labute approximate surface area is 134 Å². The standard InChI is InChI=1S/C18H19F2NO2/c1-12(2)23-11-14-5-3-13(4-6-14)10-21-18(22)15-7-16(19)9-17(20)8-15/h3-9,12H,10-11H2,1-2H3,(H,21,22). The molecule has 3 nitrogen and oxygen atoms in total. The van der Waals surface area contributed by atoms with Gasteiger partial charge in [-0.2, -0.15) is 0 Å². The van der Waals surface area contributed by atoms with E-state index in [2.05, 4.69) is 5.32 Å². The molecule has 0 atom stereocenters. The SMILES string of the molecule is CC(C)OCc1ccc(CNC(=O)c2cc(F)cc(F)c2)cc1. The summed E-state index contributed by atoms with van der Waals surface area (Å²) < 4.78 is 31.7. The number of carbonyl (C=O) groups excluding carboxylic acids is 1. The van der Waals surface area contributed by atoms with Crippen LogP contribution in [0.25, 0.3) is 0 Å². The smallest absolute Gasteiger partial charge is 0.251 e. The molecule has 0 heterocycles. The number of amides is 1. The van der Waals surface area contributed by atoms with Crippen LogP contribution in [0.5, 0.6) is 0 Å². The molecule has 0 aliphatic carbocycles. The fourth-order valence-electron chi connectivity index (χ4n) is 1.99. The van der Waals surface area contributed by atoms with Gasteiger partial charge in [-0.25, -0.2) is 8.78 Å². The second kappa shape index (κ2) is 7.83. The van der Waals surface area contributed by atoms with Gasteiger partial charge in [0.1, 0.15) is 11.6 Å². The molecule has 0 unspecified atom stereocenters. The van der Waals surface area contributed by atoms with Crippen molar-refractivity contribution in [3.63, 3.8) is 0 Å². The maximum absolute atomic E-state index is 13.1. The quantitative estimate of drug-likeness (QED) is 0.879. The fraction of sp³-hybridized carbons (Fsp3) is 0.278. The summed E-state index contributed by atoms with van der Waals surface area (Å²) in [5.41, 5.74) is 1.90. The van der Waals surface area contributed by atoms with Crippen molar-refractivity contribution in [1.82, 2.24) is 5.32 Å². The Morgan fingerprint density at radius 2 is 1.61 bits per heavy atom. The maximum atomic E-state index is 13.1. The highest BCUT2D eigenvalue weighted by Crippen LogP contribution is 2.10. The van der Waals surface area contributed by atoms with Crippen LogP contribution in [-0.4, -0.2) is 12.0 Å². The first-order chi connectivity index (χ1) is 10.9. The van der Waals surface area contributed by atoms with Gasteiger partial charge in [0.05, 0.1) is 12.7 Å². The Bertz CT molecular complexity index is 649. The topological polar surface area (TPSA) is 38.3 Å². The maximum Gasteiger partial charge on any atom is 0.251 e. The summed E-state index contributed by atoms with van der Waals surface area (Å²) in [4.78, 5) is 11.9. The van der Waals surface area contributed by atoms with E-state index < -0.39 is 17.5 Å². The van der Waals surface area contributed by atoms with E-state index in [1.165, 1.54) is 0 Å². The summed E-state index contributed by atoms with van der Waals surface area (Å²) in [6, 6.07) is 10.3. The van der Waals surface area contributed by atoms with Crippen LogP contribution < -0.4 is 5.32 Å². The summed E-state index contributed by atoms with van der Waals surface area (Å²) in [6.07, 6.45) is 0.167. The minimum absolute atomic E-state index is 0.0375. The third-order valence-corrected chi connectivity index (χ3v) is 3.18. The number of hydrogen-bond acceptors (Lipinski definition) is 2. The molecule has 5 heteroatoms. The normalized spacial score (nSPS) is 10.8. The average molecular weight is 319 g/mol. The highest BCUT2D eigenvalue weighted by atomic mass is 19.1. The zero-order valence-corrected chi connectivity index (χ0v) is 13.1. The number of halogens is 2. The average Bonchev–Trinajstić information content (AvgIpc) is 2.50. The van der Waals surface area contributed by atoms with Crippen LogP contribution in [0.2, 0.25) is 0 Å². The molecule has 1 amide bonds. The van der Waals surface area contributed by atoms with Crippen LogP contribution in [0, 0.1) is 11.6 Å². The van der Waals surface area contributed by atoms with E-state index >= 15 is 0 Å². The van der Waals surface area contributed by atoms with Gasteiger partial charge in [0.2, 0.25) is 0 Å². The molecule has 0 spiro atoms. The Morgan fingerprint density at radius 3 is 2.17 bits per heavy atom. The molecule has 0 aliphatic rings. The molecule has 122 valence electrons. The van der Waals surface area contributed by atoms with Crippen molar-refractivity contribution in [1.29, 1.82) is 0 Å². The summed E-state index contributed by atoms with van der Waals surface area (Å²) in [6.45, 7) is 4.76. The van der Waals surface area contributed by atoms with Gasteiger partial charge in [0, 0.05) is 18.2 Å². The van der Waals surface area contributed by atoms with Crippen molar-refractivity contribution in [3.8, 4) is 0 Å². The van der Waals surface area contributed by atoms with E-state index in [9.17, 15) is 13.6 Å². The van der Waals surface area contributed by atoms with Crippen LogP contribution in [0.15, 0.2) is 42.5 Å². The lowest BCUT2D eigenvalue weighted by molar-refractivity contribution is 0.0657. The van der Waals surface area contributed by atoms with Gasteiger partial charge in [-0.1, -0.05) is 24.3 Å². The van der Waals surface area contributed by atoms with Gasteiger partial charge >= 0.3 is 0 Å². The summed E-state index contributed by atoms with van der Waals surface area (Å²) in [7, 11) is 0. The van der Waals surface area contributed by atoms with Gasteiger partial charge in [-0.3, -0.25) is 4.79 Å². The lowest BCUT2D eigenvalue weighted by atomic mass is 10.1. The van der Waals surface area contributed by atoms with E-state index in [4.69, 9.17) is 4.74 Å². The molecule has 0 aromatic heterocycles. The van der Waals surface area contributed by atoms with Gasteiger partial charge in [0.15, 0.2) is 0 Å². The highest BCUT2D eigenvalue weighted by molar-refractivity contribution is 5.94. The Balaban J connectivity index is 1.91. The summed E-state index contributed by atoms with van der Waals surface area (Å²) in [5.74, 6) is -2.06. The van der Waals surface area contributed by atoms with Crippen molar-refractivity contribution >= 4 is 5.91 Å². The molecular weight excluding hydrogens is 300 g/mol. The minimum atomic E-state index is -0.773. The molecule has 0 saturated carbocycles. The van der Waals surface area contributed by atoms with Crippen LogP contribution >= 0.6 is 0 Å². The molecule has 0 radical (unpaired) electrons. The van der Waals surface area contributed by atoms with Crippen LogP contribution in [0.3, 0.4) is 0 Å². The Hall–Kier alpha value is -2.27. The number of carbonyl (C=O) groups is 1. The van der Waals surface area contributed by atoms with Crippen LogP contribution in [0.1, 0.15) is 35.3 Å². The number of rotatable bonds is 6. The third kappa shape index (κ3) is 5.45. The monoisotopic (exact) mass is 319 g/mol. The van der Waals surface area contributed by atoms with Crippen LogP contribution in [-0.2, 0) is 17.9 Å². The summed E-state index contributed by atoms with van der Waals surface area (Å²) >= 11 is 0. The van der Waals surface area contributed by atoms with E-state index in [-0.39, 0.29) is 18.2 Å². The molecule has 0 fully saturated rings. The predicted octanol–water partition coefficient (Wildman–Crippen LogP) is 3.82. The minimum Gasteiger partial charge on any atom is -0.374 e. The second-order valence-corrected chi connectivity index (χ2v) is 5.52. The molecule has 2 aromatic carbocycles. The number of benzene rings is 2. The van der Waals surface area contributed by atoms with Crippen molar-refractivity contribution in [2.45, 2.75) is 33.1 Å². The van der Waals surface area contributed by atoms with E-state index in [1.54, 1.807) is 0 Å². The third-order valence-electron chi connectivity index (χ3n) is 3.18. The van der Waals surface area contributed by atoms with E-state index in [0.29, 0.717) is 6.61 Å². The lowest BCUT2D eigenvalue weighted by Gasteiger charge is -2.09. The Morgan fingerprint density at radius 1 is 1.04 bits per heavy atom. The first-order valence-corrected chi connectivity index (χ1v) is 7.38. The number of hydrogen-bond donors (Lipinski definition) is 1. The van der Waals surface area contributed by atoms with Gasteiger partial charge in [-0.15, -0.1) is 0 Å². The first-order valence-electron chi connectivity index (χ1n) is 7.38. The fourth-order valence-corrected chi connectivity index (χ4v) is 1.99. The van der Waals surface area contributed by atoms with E-state index in [0.717, 1.165) is 29.3 Å². The van der Waals surface area contributed by atoms with Crippen molar-refractivity contribution in [2.75, 3.05) is 0 Å². The highest BCUT2D eigenvalue weighted by Gasteiger charge is 2.09. The van der Waals surface area contributed by atoms with Crippen molar-refractivity contribution in [3.05, 3.63) is 70.8 Å². The zero-order chi connectivity index (χ0) is 16.8. The van der Waals surface area contributed by atoms with Crippen molar-refractivity contribution < 1.29 is 18.3 Å². The molecule has 2 aromatic rings. The molecule has 23 heavy (non-hydrogen) atoms. The van der Waals surface area contributed by atoms with Crippen molar-refractivity contribution in [2.24, 2.45) is 0 Å². The molecule has 2 rings (SSSR count). The molecular formula is C18H19F2NO2. The van der Waals surface area contributed by atoms with Crippen LogP contribution in [0.4, 0.5) is 8.78 Å². The van der Waals surface area contributed by atoms with Gasteiger partial charge in [0.25, 0.3) is 5.91 Å². The second-order valence-electron chi connectivity index (χ2n) is 5.52. The lowest BCUT2D eigenvalue weighted by Crippen LogP contribution is -2.23. The zero-order valence-electron chi connectivity index (χ0n) is 13.1. The largest absolute Gasteiger partial charge is 0.374 e. The molecule has 0 saturated heterocycles. The number of ether oxygens (including phenoxy) is 1. The molecule has 0 bridgehead atoms. The Kier molecular flexibility index (Phi) is 5.82.